The smallest absolute Gasteiger partial charge is 0.262 e. The molecule has 32 heavy (non-hydrogen) atoms. The molecule has 0 bridgehead atoms. The van der Waals surface area contributed by atoms with Crippen LogP contribution in [-0.2, 0) is 16.6 Å². The highest BCUT2D eigenvalue weighted by Crippen LogP contribution is 2.30. The van der Waals surface area contributed by atoms with E-state index in [4.69, 9.17) is 0 Å². The Morgan fingerprint density at radius 2 is 1.59 bits per heavy atom. The fourth-order valence-electron chi connectivity index (χ4n) is 3.85. The van der Waals surface area contributed by atoms with Crippen LogP contribution in [0.25, 0.3) is 11.0 Å². The van der Waals surface area contributed by atoms with Gasteiger partial charge in [-0.3, -0.25) is 14.5 Å². The molecule has 0 saturated heterocycles. The third-order valence-corrected chi connectivity index (χ3v) is 8.55. The van der Waals surface area contributed by atoms with Crippen molar-refractivity contribution in [2.45, 2.75) is 37.4 Å². The molecule has 10 heteroatoms. The molecule has 168 valence electrons. The van der Waals surface area contributed by atoms with Gasteiger partial charge in [0.2, 0.25) is 10.0 Å². The van der Waals surface area contributed by atoms with E-state index in [9.17, 15) is 18.0 Å². The summed E-state index contributed by atoms with van der Waals surface area (Å²) in [6.07, 6.45) is 0. The van der Waals surface area contributed by atoms with Crippen molar-refractivity contribution in [3.63, 3.8) is 0 Å². The summed E-state index contributed by atoms with van der Waals surface area (Å²) < 4.78 is 29.1. The summed E-state index contributed by atoms with van der Waals surface area (Å²) in [5, 5.41) is 0.622. The number of rotatable bonds is 8. The highest BCUT2D eigenvalue weighted by molar-refractivity contribution is 7.99. The summed E-state index contributed by atoms with van der Waals surface area (Å²) in [4.78, 5) is 31.3. The van der Waals surface area contributed by atoms with Crippen LogP contribution in [0.5, 0.6) is 0 Å². The largest absolute Gasteiger partial charge is 0.319 e. The maximum atomic E-state index is 12.9. The van der Waals surface area contributed by atoms with Gasteiger partial charge in [-0.15, -0.1) is 0 Å². The fraction of sp³-hybridized carbons (Fsp3) is 0.318. The summed E-state index contributed by atoms with van der Waals surface area (Å²) >= 11 is 1.28. The Bertz CT molecular complexity index is 1280. The van der Waals surface area contributed by atoms with Crippen molar-refractivity contribution in [2.75, 3.05) is 19.0 Å². The molecule has 0 saturated carbocycles. The molecule has 2 amide bonds. The number of nitrogens with zero attached hydrogens (tertiary/aromatic N) is 4. The van der Waals surface area contributed by atoms with E-state index in [-0.39, 0.29) is 22.6 Å². The summed E-state index contributed by atoms with van der Waals surface area (Å²) in [7, 11) is -3.59. The zero-order valence-corrected chi connectivity index (χ0v) is 19.7. The number of imide groups is 1. The lowest BCUT2D eigenvalue weighted by Gasteiger charge is -2.18. The van der Waals surface area contributed by atoms with Gasteiger partial charge in [0, 0.05) is 19.6 Å². The van der Waals surface area contributed by atoms with Gasteiger partial charge in [-0.05, 0) is 37.3 Å². The Kier molecular flexibility index (Phi) is 6.11. The molecule has 0 N–H and O–H groups in total. The number of aromatic nitrogens is 2. The van der Waals surface area contributed by atoms with E-state index in [2.05, 4.69) is 4.98 Å². The molecule has 3 aromatic rings. The number of imidazole rings is 1. The van der Waals surface area contributed by atoms with Crippen molar-refractivity contribution in [1.29, 1.82) is 0 Å². The first-order chi connectivity index (χ1) is 15.3. The van der Waals surface area contributed by atoms with Crippen LogP contribution in [0.4, 0.5) is 0 Å². The fourth-order valence-corrected chi connectivity index (χ4v) is 6.36. The van der Waals surface area contributed by atoms with Crippen LogP contribution in [0.15, 0.2) is 52.5 Å². The summed E-state index contributed by atoms with van der Waals surface area (Å²) in [6, 6.07) is 11.7. The molecule has 4 rings (SSSR count). The van der Waals surface area contributed by atoms with E-state index < -0.39 is 10.0 Å². The third-order valence-electron chi connectivity index (χ3n) is 5.55. The number of aryl methyl sites for hydroxylation is 1. The Morgan fingerprint density at radius 1 is 0.969 bits per heavy atom. The van der Waals surface area contributed by atoms with E-state index in [1.165, 1.54) is 21.0 Å². The molecular formula is C22H24N4O4S2. The number of benzene rings is 2. The number of carbonyl (C=O) groups excluding carboxylic acids is 2. The topological polar surface area (TPSA) is 92.6 Å². The van der Waals surface area contributed by atoms with E-state index >= 15 is 0 Å². The van der Waals surface area contributed by atoms with Crippen molar-refractivity contribution < 1.29 is 18.0 Å². The summed E-state index contributed by atoms with van der Waals surface area (Å²) in [6.45, 7) is 6.97. The Labute approximate surface area is 191 Å². The molecule has 0 unspecified atom stereocenters. The molecular weight excluding hydrogens is 448 g/mol. The first kappa shape index (κ1) is 22.5. The second kappa shape index (κ2) is 8.68. The van der Waals surface area contributed by atoms with Gasteiger partial charge in [0.05, 0.1) is 32.9 Å². The third kappa shape index (κ3) is 3.62. The Morgan fingerprint density at radius 3 is 2.16 bits per heavy atom. The van der Waals surface area contributed by atoms with E-state index in [1.54, 1.807) is 56.3 Å². The van der Waals surface area contributed by atoms with Crippen LogP contribution in [0.2, 0.25) is 0 Å². The molecule has 1 aromatic heterocycles. The van der Waals surface area contributed by atoms with Crippen LogP contribution in [0.3, 0.4) is 0 Å². The van der Waals surface area contributed by atoms with Gasteiger partial charge in [0.25, 0.3) is 11.8 Å². The molecule has 1 aliphatic rings. The number of hydrogen-bond donors (Lipinski definition) is 0. The van der Waals surface area contributed by atoms with Crippen molar-refractivity contribution in [3.8, 4) is 0 Å². The number of sulfonamides is 1. The highest BCUT2D eigenvalue weighted by atomic mass is 32.2. The predicted octanol–water partition coefficient (Wildman–Crippen LogP) is 3.43. The lowest BCUT2D eigenvalue weighted by Crippen LogP contribution is -2.30. The minimum atomic E-state index is -3.59. The van der Waals surface area contributed by atoms with Gasteiger partial charge in [-0.1, -0.05) is 37.7 Å². The monoisotopic (exact) mass is 472 g/mol. The number of amides is 2. The van der Waals surface area contributed by atoms with Crippen LogP contribution >= 0.6 is 11.8 Å². The van der Waals surface area contributed by atoms with Gasteiger partial charge < -0.3 is 4.57 Å². The van der Waals surface area contributed by atoms with Gasteiger partial charge in [0.1, 0.15) is 0 Å². The first-order valence-electron chi connectivity index (χ1n) is 10.4. The summed E-state index contributed by atoms with van der Waals surface area (Å²) in [5.41, 5.74) is 2.18. The minimum Gasteiger partial charge on any atom is -0.319 e. The molecule has 0 atom stereocenters. The van der Waals surface area contributed by atoms with Crippen LogP contribution in [0, 0.1) is 0 Å². The number of fused-ring (bicyclic) bond motifs is 2. The zero-order chi connectivity index (χ0) is 23.0. The van der Waals surface area contributed by atoms with Gasteiger partial charge in [-0.2, -0.15) is 4.31 Å². The van der Waals surface area contributed by atoms with Gasteiger partial charge in [-0.25, -0.2) is 13.4 Å². The zero-order valence-electron chi connectivity index (χ0n) is 18.1. The van der Waals surface area contributed by atoms with Crippen molar-refractivity contribution >= 4 is 44.6 Å². The number of carbonyl (C=O) groups is 2. The molecule has 0 fully saturated rings. The maximum Gasteiger partial charge on any atom is 0.262 e. The van der Waals surface area contributed by atoms with E-state index in [1.807, 2.05) is 11.5 Å². The normalized spacial score (nSPS) is 14.1. The average Bonchev–Trinajstić information content (AvgIpc) is 3.27. The lowest BCUT2D eigenvalue weighted by molar-refractivity contribution is 0.0684. The van der Waals surface area contributed by atoms with Gasteiger partial charge >= 0.3 is 0 Å². The quantitative estimate of drug-likeness (QED) is 0.368. The highest BCUT2D eigenvalue weighted by Gasteiger charge is 2.35. The molecule has 0 aliphatic carbocycles. The van der Waals surface area contributed by atoms with Crippen molar-refractivity contribution in [1.82, 2.24) is 18.8 Å². The number of hydrogen-bond acceptors (Lipinski definition) is 6. The molecule has 2 aromatic carbocycles. The SMILES string of the molecule is CCN(CC)S(=O)(=O)c1ccc2c(c1)nc(SCN1C(=O)c3ccccc3C1=O)n2CC. The Hall–Kier alpha value is -2.69. The van der Waals surface area contributed by atoms with Crippen LogP contribution in [0.1, 0.15) is 41.5 Å². The predicted molar refractivity (Wildman–Crippen MR) is 123 cm³/mol. The van der Waals surface area contributed by atoms with E-state index in [0.717, 1.165) is 5.52 Å². The lowest BCUT2D eigenvalue weighted by atomic mass is 10.1. The van der Waals surface area contributed by atoms with Gasteiger partial charge in [0.15, 0.2) is 5.16 Å². The molecule has 8 nitrogen and oxygen atoms in total. The van der Waals surface area contributed by atoms with Crippen LogP contribution in [-0.4, -0.2) is 58.0 Å². The molecule has 0 spiro atoms. The van der Waals surface area contributed by atoms with Crippen molar-refractivity contribution in [2.24, 2.45) is 0 Å². The van der Waals surface area contributed by atoms with Crippen molar-refractivity contribution in [3.05, 3.63) is 53.6 Å². The van der Waals surface area contributed by atoms with Crippen LogP contribution < -0.4 is 0 Å². The minimum absolute atomic E-state index is 0.125. The standard InChI is InChI=1S/C22H24N4O4S2/c1-4-24(5-2)32(29,30)15-11-12-19-18(13-15)23-22(25(19)6-3)31-14-26-20(27)16-9-7-8-10-17(16)21(26)28/h7-13H,4-6,14H2,1-3H3. The maximum absolute atomic E-state index is 12.9. The average molecular weight is 473 g/mol. The molecule has 2 heterocycles. The first-order valence-corrected chi connectivity index (χ1v) is 12.8. The second-order valence-corrected chi connectivity index (χ2v) is 10.1. The second-order valence-electron chi connectivity index (χ2n) is 7.24. The summed E-state index contributed by atoms with van der Waals surface area (Å²) in [5.74, 6) is -0.505. The molecule has 1 aliphatic heterocycles. The number of thioether (sulfide) groups is 1. The Balaban J connectivity index is 1.63. The van der Waals surface area contributed by atoms with E-state index in [0.29, 0.717) is 41.4 Å². The molecule has 0 radical (unpaired) electrons.